The van der Waals surface area contributed by atoms with Gasteiger partial charge in [-0.1, -0.05) is 18.2 Å². The third kappa shape index (κ3) is 3.38. The van der Waals surface area contributed by atoms with Gasteiger partial charge in [0.05, 0.1) is 13.5 Å². The van der Waals surface area contributed by atoms with Gasteiger partial charge in [-0.05, 0) is 35.9 Å². The summed E-state index contributed by atoms with van der Waals surface area (Å²) in [6, 6.07) is 14.4. The number of hydrogen-bond donors (Lipinski definition) is 3. The van der Waals surface area contributed by atoms with Crippen LogP contribution in [0.4, 0.5) is 0 Å². The van der Waals surface area contributed by atoms with Gasteiger partial charge in [0, 0.05) is 22.7 Å². The first-order valence-electron chi connectivity index (χ1n) is 7.45. The van der Waals surface area contributed by atoms with Gasteiger partial charge in [0.1, 0.15) is 5.75 Å². The lowest BCUT2D eigenvalue weighted by Crippen LogP contribution is -2.42. The zero-order chi connectivity index (χ0) is 16.9. The molecule has 0 aliphatic heterocycles. The summed E-state index contributed by atoms with van der Waals surface area (Å²) < 4.78 is 5.04. The van der Waals surface area contributed by atoms with Crippen LogP contribution in [0, 0.1) is 0 Å². The number of nitrogens with one attached hydrogen (secondary N) is 3. The molecule has 0 atom stereocenters. The van der Waals surface area contributed by atoms with Crippen LogP contribution in [-0.2, 0) is 11.2 Å². The molecule has 6 nitrogen and oxygen atoms in total. The number of benzene rings is 2. The molecule has 0 fully saturated rings. The zero-order valence-electron chi connectivity index (χ0n) is 13.1. The predicted octanol–water partition coefficient (Wildman–Crippen LogP) is 2.18. The van der Waals surface area contributed by atoms with Crippen LogP contribution in [0.5, 0.6) is 5.75 Å². The number of amides is 2. The summed E-state index contributed by atoms with van der Waals surface area (Å²) in [5.74, 6) is -0.0125. The molecule has 0 saturated carbocycles. The van der Waals surface area contributed by atoms with Crippen molar-refractivity contribution in [3.05, 3.63) is 65.9 Å². The second-order valence-electron chi connectivity index (χ2n) is 5.27. The van der Waals surface area contributed by atoms with Crippen LogP contribution >= 0.6 is 0 Å². The Morgan fingerprint density at radius 1 is 1.04 bits per heavy atom. The van der Waals surface area contributed by atoms with E-state index in [4.69, 9.17) is 4.74 Å². The molecule has 3 aromatic rings. The maximum Gasteiger partial charge on any atom is 0.269 e. The Bertz CT molecular complexity index is 869. The van der Waals surface area contributed by atoms with E-state index in [2.05, 4.69) is 15.8 Å². The zero-order valence-corrected chi connectivity index (χ0v) is 13.1. The molecule has 1 heterocycles. The molecule has 3 rings (SSSR count). The van der Waals surface area contributed by atoms with E-state index < -0.39 is 0 Å². The maximum atomic E-state index is 12.0. The van der Waals surface area contributed by atoms with E-state index in [1.807, 2.05) is 24.3 Å². The van der Waals surface area contributed by atoms with Crippen molar-refractivity contribution in [1.29, 1.82) is 0 Å². The highest BCUT2D eigenvalue weighted by Crippen LogP contribution is 2.17. The molecular weight excluding hydrogens is 306 g/mol. The normalized spacial score (nSPS) is 10.4. The average Bonchev–Trinajstić information content (AvgIpc) is 3.03. The SMILES string of the molecule is COc1ccc(C(=O)NNC(=O)Cc2c[nH]c3ccccc23)cc1. The monoisotopic (exact) mass is 323 g/mol. The highest BCUT2D eigenvalue weighted by molar-refractivity contribution is 5.96. The van der Waals surface area contributed by atoms with Gasteiger partial charge in [-0.3, -0.25) is 20.4 Å². The van der Waals surface area contributed by atoms with Gasteiger partial charge >= 0.3 is 0 Å². The number of hydrogen-bond acceptors (Lipinski definition) is 3. The number of methoxy groups -OCH3 is 1. The highest BCUT2D eigenvalue weighted by atomic mass is 16.5. The van der Waals surface area contributed by atoms with E-state index in [9.17, 15) is 9.59 Å². The molecule has 1 aromatic heterocycles. The van der Waals surface area contributed by atoms with E-state index >= 15 is 0 Å². The number of H-pyrrole nitrogens is 1. The van der Waals surface area contributed by atoms with Gasteiger partial charge < -0.3 is 9.72 Å². The van der Waals surface area contributed by atoms with Crippen LogP contribution in [-0.4, -0.2) is 23.9 Å². The van der Waals surface area contributed by atoms with Crippen molar-refractivity contribution in [2.75, 3.05) is 7.11 Å². The third-order valence-electron chi connectivity index (χ3n) is 3.69. The fraction of sp³-hybridized carbons (Fsp3) is 0.111. The lowest BCUT2D eigenvalue weighted by molar-refractivity contribution is -0.121. The maximum absolute atomic E-state index is 12.0. The van der Waals surface area contributed by atoms with E-state index in [0.29, 0.717) is 11.3 Å². The van der Waals surface area contributed by atoms with Crippen molar-refractivity contribution in [1.82, 2.24) is 15.8 Å². The lowest BCUT2D eigenvalue weighted by Gasteiger charge is -2.07. The standard InChI is InChI=1S/C18H17N3O3/c1-24-14-8-6-12(7-9-14)18(23)21-20-17(22)10-13-11-19-16-5-3-2-4-15(13)16/h2-9,11,19H,10H2,1H3,(H,20,22)(H,21,23). The molecule has 0 aliphatic rings. The highest BCUT2D eigenvalue weighted by Gasteiger charge is 2.10. The first-order chi connectivity index (χ1) is 11.7. The first kappa shape index (κ1) is 15.6. The Morgan fingerprint density at radius 2 is 1.79 bits per heavy atom. The summed E-state index contributed by atoms with van der Waals surface area (Å²) in [5.41, 5.74) is 7.12. The minimum Gasteiger partial charge on any atom is -0.497 e. The Hall–Kier alpha value is -3.28. The molecule has 0 radical (unpaired) electrons. The Labute approximate surface area is 138 Å². The molecule has 0 aliphatic carbocycles. The van der Waals surface area contributed by atoms with Crippen LogP contribution in [0.1, 0.15) is 15.9 Å². The molecule has 3 N–H and O–H groups in total. The number of ether oxygens (including phenoxy) is 1. The lowest BCUT2D eigenvalue weighted by atomic mass is 10.1. The largest absolute Gasteiger partial charge is 0.497 e. The number of hydrazine groups is 1. The fourth-order valence-corrected chi connectivity index (χ4v) is 2.44. The summed E-state index contributed by atoms with van der Waals surface area (Å²) in [6.45, 7) is 0. The third-order valence-corrected chi connectivity index (χ3v) is 3.69. The first-order valence-corrected chi connectivity index (χ1v) is 7.45. The summed E-state index contributed by atoms with van der Waals surface area (Å²) in [4.78, 5) is 27.1. The number of aromatic nitrogens is 1. The second kappa shape index (κ2) is 6.87. The molecular formula is C18H17N3O3. The molecule has 24 heavy (non-hydrogen) atoms. The fourth-order valence-electron chi connectivity index (χ4n) is 2.44. The van der Waals surface area contributed by atoms with Crippen molar-refractivity contribution in [3.63, 3.8) is 0 Å². The number of rotatable bonds is 4. The Balaban J connectivity index is 1.57. The molecule has 6 heteroatoms. The molecule has 2 aromatic carbocycles. The minimum atomic E-state index is -0.384. The van der Waals surface area contributed by atoms with E-state index in [0.717, 1.165) is 16.5 Å². The number of para-hydroxylation sites is 1. The van der Waals surface area contributed by atoms with Crippen molar-refractivity contribution < 1.29 is 14.3 Å². The van der Waals surface area contributed by atoms with Crippen molar-refractivity contribution in [2.24, 2.45) is 0 Å². The quantitative estimate of drug-likeness (QED) is 0.644. The van der Waals surface area contributed by atoms with Crippen LogP contribution in [0.25, 0.3) is 10.9 Å². The van der Waals surface area contributed by atoms with Gasteiger partial charge in [0.2, 0.25) is 5.91 Å². The molecule has 0 bridgehead atoms. The molecule has 2 amide bonds. The Kier molecular flexibility index (Phi) is 4.47. The topological polar surface area (TPSA) is 83.2 Å². The van der Waals surface area contributed by atoms with E-state index in [1.165, 1.54) is 0 Å². The molecule has 0 saturated heterocycles. The van der Waals surface area contributed by atoms with Gasteiger partial charge in [0.15, 0.2) is 0 Å². The average molecular weight is 323 g/mol. The number of carbonyl (C=O) groups excluding carboxylic acids is 2. The summed E-state index contributed by atoms with van der Waals surface area (Å²) in [6.07, 6.45) is 1.97. The van der Waals surface area contributed by atoms with Crippen LogP contribution in [0.15, 0.2) is 54.7 Å². The number of aromatic amines is 1. The van der Waals surface area contributed by atoms with Crippen molar-refractivity contribution >= 4 is 22.7 Å². The van der Waals surface area contributed by atoms with Gasteiger partial charge in [-0.15, -0.1) is 0 Å². The van der Waals surface area contributed by atoms with Crippen molar-refractivity contribution in [2.45, 2.75) is 6.42 Å². The van der Waals surface area contributed by atoms with Crippen LogP contribution in [0.2, 0.25) is 0 Å². The van der Waals surface area contributed by atoms with Crippen molar-refractivity contribution in [3.8, 4) is 5.75 Å². The molecule has 0 unspecified atom stereocenters. The summed E-state index contributed by atoms with van der Waals surface area (Å²) >= 11 is 0. The van der Waals surface area contributed by atoms with E-state index in [-0.39, 0.29) is 18.2 Å². The number of carbonyl (C=O) groups is 2. The van der Waals surface area contributed by atoms with Crippen LogP contribution < -0.4 is 15.6 Å². The minimum absolute atomic E-state index is 0.174. The second-order valence-corrected chi connectivity index (χ2v) is 5.27. The van der Waals surface area contributed by atoms with Gasteiger partial charge in [-0.2, -0.15) is 0 Å². The van der Waals surface area contributed by atoms with Gasteiger partial charge in [-0.25, -0.2) is 0 Å². The number of fused-ring (bicyclic) bond motifs is 1. The van der Waals surface area contributed by atoms with Crippen LogP contribution in [0.3, 0.4) is 0 Å². The predicted molar refractivity (Wildman–Crippen MR) is 90.6 cm³/mol. The summed E-state index contributed by atoms with van der Waals surface area (Å²) in [7, 11) is 1.56. The summed E-state index contributed by atoms with van der Waals surface area (Å²) in [5, 5.41) is 0.995. The molecule has 122 valence electrons. The Morgan fingerprint density at radius 3 is 2.54 bits per heavy atom. The van der Waals surface area contributed by atoms with Gasteiger partial charge in [0.25, 0.3) is 5.91 Å². The molecule has 0 spiro atoms. The van der Waals surface area contributed by atoms with E-state index in [1.54, 1.807) is 37.6 Å². The smallest absolute Gasteiger partial charge is 0.269 e.